The van der Waals surface area contributed by atoms with Crippen LogP contribution in [0.1, 0.15) is 64.1 Å². The first-order valence-electron chi connectivity index (χ1n) is 13.4. The maximum absolute atomic E-state index is 13.1. The predicted molar refractivity (Wildman–Crippen MR) is 155 cm³/mol. The number of thiazole rings is 1. The van der Waals surface area contributed by atoms with Gasteiger partial charge in [0.05, 0.1) is 42.6 Å². The molecule has 0 spiro atoms. The van der Waals surface area contributed by atoms with Crippen LogP contribution in [0.15, 0.2) is 58.6 Å². The van der Waals surface area contributed by atoms with Gasteiger partial charge in [-0.3, -0.25) is 0 Å². The Labute approximate surface area is 240 Å². The summed E-state index contributed by atoms with van der Waals surface area (Å²) in [6.07, 6.45) is 4.14. The lowest BCUT2D eigenvalue weighted by atomic mass is 9.87. The number of carbonyl (C=O) groups is 1. The highest BCUT2D eigenvalue weighted by Crippen LogP contribution is 2.28. The normalized spacial score (nSPS) is 32.5. The van der Waals surface area contributed by atoms with Gasteiger partial charge in [-0.1, -0.05) is 49.0 Å². The number of hydrogen-bond acceptors (Lipinski definition) is 10. The number of carbonyl (C=O) groups excluding carboxylic acids is 1. The minimum atomic E-state index is -1.51. The lowest BCUT2D eigenvalue weighted by molar-refractivity contribution is -0.164. The van der Waals surface area contributed by atoms with Crippen molar-refractivity contribution in [1.29, 1.82) is 0 Å². The monoisotopic (exact) mass is 577 g/mol. The minimum Gasteiger partial charge on any atom is -0.456 e. The second-order valence-electron chi connectivity index (χ2n) is 10.3. The van der Waals surface area contributed by atoms with Gasteiger partial charge in [0.25, 0.3) is 0 Å². The summed E-state index contributed by atoms with van der Waals surface area (Å²) in [5, 5.41) is 65.7. The Morgan fingerprint density at radius 1 is 1.20 bits per heavy atom. The molecule has 0 amide bonds. The molecular weight excluding hydrogens is 534 g/mol. The van der Waals surface area contributed by atoms with Crippen molar-refractivity contribution in [3.05, 3.63) is 69.3 Å². The molecule has 1 aromatic heterocycles. The Kier molecular flexibility index (Phi) is 13.6. The zero-order chi connectivity index (χ0) is 30.0. The van der Waals surface area contributed by atoms with Gasteiger partial charge in [-0.15, -0.1) is 11.3 Å². The molecule has 8 unspecified atom stereocenters. The molecule has 1 aliphatic heterocycles. The smallest absolute Gasteiger partial charge is 0.334 e. The van der Waals surface area contributed by atoms with Crippen LogP contribution in [0.2, 0.25) is 0 Å². The molecule has 10 heteroatoms. The number of esters is 1. The molecule has 0 radical (unpaired) electrons. The maximum atomic E-state index is 13.1. The van der Waals surface area contributed by atoms with Crippen LogP contribution in [-0.2, 0) is 9.53 Å². The third-order valence-electron chi connectivity index (χ3n) is 7.01. The number of aromatic nitrogens is 1. The molecular formula is C30H43NO8S. The Morgan fingerprint density at radius 2 is 1.90 bits per heavy atom. The summed E-state index contributed by atoms with van der Waals surface area (Å²) in [7, 11) is 0. The van der Waals surface area contributed by atoms with Gasteiger partial charge in [0.2, 0.25) is 0 Å². The van der Waals surface area contributed by atoms with E-state index in [9.17, 15) is 35.4 Å². The first kappa shape index (κ1) is 33.8. The van der Waals surface area contributed by atoms with E-state index < -0.39 is 54.4 Å². The second kappa shape index (κ2) is 16.1. The Hall–Kier alpha value is -2.44. The quantitative estimate of drug-likeness (QED) is 0.228. The molecule has 0 aliphatic carbocycles. The van der Waals surface area contributed by atoms with Crippen LogP contribution in [0, 0.1) is 5.92 Å². The molecule has 2 rings (SSSR count). The number of ether oxygens (including phenoxy) is 1. The van der Waals surface area contributed by atoms with Crippen LogP contribution >= 0.6 is 11.3 Å². The highest BCUT2D eigenvalue weighted by atomic mass is 32.1. The zero-order valence-corrected chi connectivity index (χ0v) is 24.5. The number of nitrogens with zero attached hydrogens (tertiary/aromatic N) is 1. The Balaban J connectivity index is 2.47. The van der Waals surface area contributed by atoms with Gasteiger partial charge in [-0.25, -0.2) is 9.78 Å². The highest BCUT2D eigenvalue weighted by Gasteiger charge is 2.37. The predicted octanol–water partition coefficient (Wildman–Crippen LogP) is 2.79. The van der Waals surface area contributed by atoms with Gasteiger partial charge >= 0.3 is 5.97 Å². The largest absolute Gasteiger partial charge is 0.456 e. The van der Waals surface area contributed by atoms with Crippen LogP contribution in [0.5, 0.6) is 0 Å². The van der Waals surface area contributed by atoms with E-state index in [4.69, 9.17) is 4.74 Å². The van der Waals surface area contributed by atoms with Crippen molar-refractivity contribution in [1.82, 2.24) is 4.98 Å². The summed E-state index contributed by atoms with van der Waals surface area (Å²) in [4.78, 5) is 17.5. The van der Waals surface area contributed by atoms with E-state index in [1.807, 2.05) is 19.9 Å². The number of aliphatic hydroxyl groups excluding tert-OH is 6. The fraction of sp³-hybridized carbons (Fsp3) is 0.533. The molecule has 9 nitrogen and oxygen atoms in total. The number of aliphatic hydroxyl groups is 6. The summed E-state index contributed by atoms with van der Waals surface area (Å²) in [6, 6.07) is 0. The van der Waals surface area contributed by atoms with Crippen molar-refractivity contribution in [3.63, 3.8) is 0 Å². The first-order chi connectivity index (χ1) is 18.9. The summed E-state index contributed by atoms with van der Waals surface area (Å²) in [6.45, 7) is 8.29. The summed E-state index contributed by atoms with van der Waals surface area (Å²) in [5.41, 5.74) is 2.12. The minimum absolute atomic E-state index is 0.0102. The van der Waals surface area contributed by atoms with Crippen molar-refractivity contribution in [2.75, 3.05) is 6.61 Å². The van der Waals surface area contributed by atoms with Crippen molar-refractivity contribution in [2.24, 2.45) is 5.92 Å². The van der Waals surface area contributed by atoms with Crippen molar-refractivity contribution >= 4 is 23.4 Å². The number of rotatable bonds is 5. The molecule has 40 heavy (non-hydrogen) atoms. The van der Waals surface area contributed by atoms with E-state index in [-0.39, 0.29) is 25.0 Å². The molecule has 2 bridgehead atoms. The van der Waals surface area contributed by atoms with E-state index >= 15 is 0 Å². The molecule has 8 atom stereocenters. The van der Waals surface area contributed by atoms with E-state index in [1.54, 1.807) is 43.5 Å². The number of cyclic esters (lactones) is 1. The number of fused-ring (bicyclic) bond motifs is 2. The van der Waals surface area contributed by atoms with Gasteiger partial charge < -0.3 is 35.4 Å². The second-order valence-corrected chi connectivity index (χ2v) is 11.2. The van der Waals surface area contributed by atoms with Gasteiger partial charge in [0.15, 0.2) is 0 Å². The standard InChI is InChI=1S/C30H43NO8S/c1-6-17(2)12-18(3)26(36)20(5)28-27(37)24(34)11-9-7-8-10-22(33)14-25(35)23(15-32)29-31-21(16-40-29)13-19(4)30(38)39-28/h6-10,12-13,16,20,22-28,32-37H,11,14-15H2,1-5H3/b9-7-,10-8+,17-6+,18-12+,19-13+. The highest BCUT2D eigenvalue weighted by molar-refractivity contribution is 7.09. The number of allylic oxidation sites excluding steroid dienone is 5. The van der Waals surface area contributed by atoms with Crippen LogP contribution in [0.4, 0.5) is 0 Å². The van der Waals surface area contributed by atoms with Gasteiger partial charge in [-0.2, -0.15) is 0 Å². The molecule has 1 aliphatic rings. The average Bonchev–Trinajstić information content (AvgIpc) is 3.37. The lowest BCUT2D eigenvalue weighted by Gasteiger charge is -2.33. The molecule has 6 N–H and O–H groups in total. The van der Waals surface area contributed by atoms with Crippen LogP contribution in [0.25, 0.3) is 6.08 Å². The van der Waals surface area contributed by atoms with Gasteiger partial charge in [0, 0.05) is 23.3 Å². The fourth-order valence-corrected chi connectivity index (χ4v) is 5.27. The molecule has 1 aromatic rings. The van der Waals surface area contributed by atoms with E-state index in [1.165, 1.54) is 30.4 Å². The molecule has 0 saturated heterocycles. The lowest BCUT2D eigenvalue weighted by Crippen LogP contribution is -2.47. The van der Waals surface area contributed by atoms with Crippen LogP contribution < -0.4 is 0 Å². The molecule has 2 heterocycles. The zero-order valence-electron chi connectivity index (χ0n) is 23.7. The van der Waals surface area contributed by atoms with Crippen LogP contribution in [-0.4, -0.2) is 84.8 Å². The van der Waals surface area contributed by atoms with Crippen molar-refractivity contribution in [3.8, 4) is 0 Å². The van der Waals surface area contributed by atoms with Gasteiger partial charge in [-0.05, 0) is 45.8 Å². The van der Waals surface area contributed by atoms with Crippen molar-refractivity contribution < 1.29 is 40.2 Å². The molecule has 0 aromatic carbocycles. The topological polar surface area (TPSA) is 161 Å². The Morgan fingerprint density at radius 3 is 2.55 bits per heavy atom. The first-order valence-corrected chi connectivity index (χ1v) is 14.3. The fourth-order valence-electron chi connectivity index (χ4n) is 4.35. The van der Waals surface area contributed by atoms with Crippen LogP contribution in [0.3, 0.4) is 0 Å². The maximum Gasteiger partial charge on any atom is 0.334 e. The summed E-state index contributed by atoms with van der Waals surface area (Å²) < 4.78 is 5.70. The Bertz CT molecular complexity index is 1120. The molecule has 222 valence electrons. The summed E-state index contributed by atoms with van der Waals surface area (Å²) in [5.74, 6) is -2.25. The van der Waals surface area contributed by atoms with E-state index in [2.05, 4.69) is 4.98 Å². The van der Waals surface area contributed by atoms with Crippen molar-refractivity contribution in [2.45, 2.75) is 90.0 Å². The summed E-state index contributed by atoms with van der Waals surface area (Å²) >= 11 is 1.20. The van der Waals surface area contributed by atoms with E-state index in [0.29, 0.717) is 16.3 Å². The molecule has 0 saturated carbocycles. The number of hydrogen-bond donors (Lipinski definition) is 6. The average molecular weight is 578 g/mol. The van der Waals surface area contributed by atoms with E-state index in [0.717, 1.165) is 5.57 Å². The SMILES string of the molecule is C/C=C(C)/C=C(\C)C(O)C(C)C1OC(=O)/C(C)=C/c2csc(n2)C(CO)C(O)CC(O)/C=C/C=C\CC(O)C1O. The third kappa shape index (κ3) is 9.59. The molecule has 0 fully saturated rings. The van der Waals surface area contributed by atoms with Gasteiger partial charge in [0.1, 0.15) is 17.2 Å². The third-order valence-corrected chi connectivity index (χ3v) is 8.01.